The Hall–Kier alpha value is -0.830. The van der Waals surface area contributed by atoms with E-state index in [0.29, 0.717) is 6.04 Å². The summed E-state index contributed by atoms with van der Waals surface area (Å²) in [5.41, 5.74) is 4.30. The second-order valence-corrected chi connectivity index (χ2v) is 6.38. The zero-order valence-corrected chi connectivity index (χ0v) is 14.4. The largest absolute Gasteiger partial charge is 0.310 e. The van der Waals surface area contributed by atoms with Crippen LogP contribution in [0.25, 0.3) is 0 Å². The quantitative estimate of drug-likeness (QED) is 0.698. The van der Waals surface area contributed by atoms with Crippen LogP contribution in [0.5, 0.6) is 0 Å². The van der Waals surface area contributed by atoms with E-state index in [4.69, 9.17) is 5.10 Å². The van der Waals surface area contributed by atoms with Crippen LogP contribution in [0.2, 0.25) is 0 Å². The molecule has 21 heavy (non-hydrogen) atoms. The van der Waals surface area contributed by atoms with Gasteiger partial charge in [0, 0.05) is 23.8 Å². The maximum Gasteiger partial charge on any atom is 0.0672 e. The molecule has 1 heterocycles. The molecule has 0 saturated heterocycles. The molecule has 1 unspecified atom stereocenters. The molecule has 3 nitrogen and oxygen atoms in total. The lowest BCUT2D eigenvalue weighted by Gasteiger charge is -2.19. The molecule has 1 aromatic heterocycles. The van der Waals surface area contributed by atoms with Crippen LogP contribution in [0, 0.1) is 5.92 Å². The Morgan fingerprint density at radius 2 is 1.95 bits per heavy atom. The predicted octanol–water partition coefficient (Wildman–Crippen LogP) is 4.26. The molecule has 0 bridgehead atoms. The fourth-order valence-electron chi connectivity index (χ4n) is 3.27. The lowest BCUT2D eigenvalue weighted by molar-refractivity contribution is 0.503. The second kappa shape index (κ2) is 7.98. The maximum absolute atomic E-state index is 4.95. The first-order chi connectivity index (χ1) is 10.2. The number of nitrogens with one attached hydrogen (secondary N) is 1. The summed E-state index contributed by atoms with van der Waals surface area (Å²) in [6.07, 6.45) is 8.66. The van der Waals surface area contributed by atoms with E-state index in [1.165, 1.54) is 42.6 Å². The van der Waals surface area contributed by atoms with Crippen LogP contribution in [0.4, 0.5) is 0 Å². The Balaban J connectivity index is 2.22. The molecule has 0 spiro atoms. The smallest absolute Gasteiger partial charge is 0.0672 e. The molecule has 1 atom stereocenters. The molecule has 1 fully saturated rings. The normalized spacial score (nSPS) is 16.4. The van der Waals surface area contributed by atoms with Crippen molar-refractivity contribution in [3.63, 3.8) is 0 Å². The van der Waals surface area contributed by atoms with Gasteiger partial charge in [-0.2, -0.15) is 5.10 Å². The van der Waals surface area contributed by atoms with E-state index in [-0.39, 0.29) is 0 Å². The molecule has 1 aliphatic rings. The van der Waals surface area contributed by atoms with Crippen molar-refractivity contribution in [1.82, 2.24) is 15.1 Å². The topological polar surface area (TPSA) is 29.9 Å². The first-order valence-electron chi connectivity index (χ1n) is 9.06. The van der Waals surface area contributed by atoms with E-state index < -0.39 is 0 Å². The summed E-state index contributed by atoms with van der Waals surface area (Å²) in [7, 11) is 0. The molecule has 1 aliphatic carbocycles. The zero-order valence-electron chi connectivity index (χ0n) is 14.4. The molecule has 1 aromatic rings. The van der Waals surface area contributed by atoms with E-state index in [2.05, 4.69) is 37.7 Å². The molecule has 1 N–H and O–H groups in total. The minimum atomic E-state index is 0.476. The SMILES string of the molecule is CCCNC(CC)c1c(CC)nn(CCC2CC2)c1CC. The Labute approximate surface area is 130 Å². The molecule has 0 aliphatic heterocycles. The third kappa shape index (κ3) is 4.09. The molecular formula is C18H33N3. The van der Waals surface area contributed by atoms with Gasteiger partial charge < -0.3 is 5.32 Å². The average Bonchev–Trinajstić information content (AvgIpc) is 3.27. The van der Waals surface area contributed by atoms with Gasteiger partial charge in [0.2, 0.25) is 0 Å². The van der Waals surface area contributed by atoms with Gasteiger partial charge in [-0.15, -0.1) is 0 Å². The summed E-state index contributed by atoms with van der Waals surface area (Å²) in [6, 6.07) is 0.476. The summed E-state index contributed by atoms with van der Waals surface area (Å²) in [4.78, 5) is 0. The van der Waals surface area contributed by atoms with Crippen molar-refractivity contribution < 1.29 is 0 Å². The van der Waals surface area contributed by atoms with Crippen LogP contribution in [-0.4, -0.2) is 16.3 Å². The van der Waals surface area contributed by atoms with Gasteiger partial charge in [-0.1, -0.05) is 40.5 Å². The third-order valence-corrected chi connectivity index (χ3v) is 4.69. The average molecular weight is 291 g/mol. The Morgan fingerprint density at radius 3 is 2.48 bits per heavy atom. The molecule has 0 aromatic carbocycles. The Kier molecular flexibility index (Phi) is 6.28. The second-order valence-electron chi connectivity index (χ2n) is 6.38. The lowest BCUT2D eigenvalue weighted by Crippen LogP contribution is -2.23. The van der Waals surface area contributed by atoms with E-state index in [1.807, 2.05) is 0 Å². The van der Waals surface area contributed by atoms with Gasteiger partial charge in [-0.25, -0.2) is 0 Å². The number of aryl methyl sites for hydroxylation is 2. The van der Waals surface area contributed by atoms with Crippen molar-refractivity contribution in [1.29, 1.82) is 0 Å². The van der Waals surface area contributed by atoms with Gasteiger partial charge in [0.25, 0.3) is 0 Å². The highest BCUT2D eigenvalue weighted by molar-refractivity contribution is 5.30. The van der Waals surface area contributed by atoms with Crippen LogP contribution in [0.15, 0.2) is 0 Å². The van der Waals surface area contributed by atoms with Crippen LogP contribution in [-0.2, 0) is 19.4 Å². The maximum atomic E-state index is 4.95. The summed E-state index contributed by atoms with van der Waals surface area (Å²) < 4.78 is 2.32. The summed E-state index contributed by atoms with van der Waals surface area (Å²) in [5, 5.41) is 8.67. The number of hydrogen-bond donors (Lipinski definition) is 1. The predicted molar refractivity (Wildman–Crippen MR) is 89.6 cm³/mol. The fourth-order valence-corrected chi connectivity index (χ4v) is 3.27. The molecule has 1 saturated carbocycles. The standard InChI is InChI=1S/C18H33N3/c1-5-12-19-15(6-2)18-16(7-3)20-21(17(18)8-4)13-11-14-9-10-14/h14-15,19H,5-13H2,1-4H3. The van der Waals surface area contributed by atoms with Crippen LogP contribution >= 0.6 is 0 Å². The van der Waals surface area contributed by atoms with Gasteiger partial charge in [0.15, 0.2) is 0 Å². The molecule has 2 rings (SSSR count). The Bertz CT molecular complexity index is 432. The number of nitrogens with zero attached hydrogens (tertiary/aromatic N) is 2. The number of hydrogen-bond acceptors (Lipinski definition) is 2. The van der Waals surface area contributed by atoms with Crippen molar-refractivity contribution in [3.8, 4) is 0 Å². The highest BCUT2D eigenvalue weighted by atomic mass is 15.3. The van der Waals surface area contributed by atoms with Gasteiger partial charge in [0.05, 0.1) is 5.69 Å². The lowest BCUT2D eigenvalue weighted by atomic mass is 9.99. The van der Waals surface area contributed by atoms with Crippen molar-refractivity contribution >= 4 is 0 Å². The van der Waals surface area contributed by atoms with Crippen LogP contribution in [0.3, 0.4) is 0 Å². The number of rotatable bonds is 10. The molecular weight excluding hydrogens is 258 g/mol. The minimum absolute atomic E-state index is 0.476. The Morgan fingerprint density at radius 1 is 1.19 bits per heavy atom. The fraction of sp³-hybridized carbons (Fsp3) is 0.833. The first-order valence-corrected chi connectivity index (χ1v) is 9.06. The molecule has 120 valence electrons. The van der Waals surface area contributed by atoms with E-state index in [0.717, 1.165) is 38.3 Å². The van der Waals surface area contributed by atoms with E-state index >= 15 is 0 Å². The monoisotopic (exact) mass is 291 g/mol. The van der Waals surface area contributed by atoms with Crippen LogP contribution < -0.4 is 5.32 Å². The van der Waals surface area contributed by atoms with Crippen LogP contribution in [0.1, 0.15) is 82.8 Å². The van der Waals surface area contributed by atoms with E-state index in [1.54, 1.807) is 0 Å². The summed E-state index contributed by atoms with van der Waals surface area (Å²) >= 11 is 0. The van der Waals surface area contributed by atoms with Gasteiger partial charge in [0.1, 0.15) is 0 Å². The third-order valence-electron chi connectivity index (χ3n) is 4.69. The van der Waals surface area contributed by atoms with Crippen molar-refractivity contribution in [2.45, 2.75) is 85.2 Å². The van der Waals surface area contributed by atoms with Crippen molar-refractivity contribution in [2.75, 3.05) is 6.54 Å². The highest BCUT2D eigenvalue weighted by Gasteiger charge is 2.24. The summed E-state index contributed by atoms with van der Waals surface area (Å²) in [5.74, 6) is 0.979. The highest BCUT2D eigenvalue weighted by Crippen LogP contribution is 2.33. The van der Waals surface area contributed by atoms with Gasteiger partial charge in [-0.3, -0.25) is 4.68 Å². The van der Waals surface area contributed by atoms with Crippen molar-refractivity contribution in [2.24, 2.45) is 5.92 Å². The summed E-state index contributed by atoms with van der Waals surface area (Å²) in [6.45, 7) is 11.3. The number of aromatic nitrogens is 2. The minimum Gasteiger partial charge on any atom is -0.310 e. The van der Waals surface area contributed by atoms with Crippen molar-refractivity contribution in [3.05, 3.63) is 17.0 Å². The van der Waals surface area contributed by atoms with Gasteiger partial charge >= 0.3 is 0 Å². The van der Waals surface area contributed by atoms with E-state index in [9.17, 15) is 0 Å². The zero-order chi connectivity index (χ0) is 15.2. The molecule has 3 heteroatoms. The molecule has 0 radical (unpaired) electrons. The first kappa shape index (κ1) is 16.5. The molecule has 0 amide bonds. The van der Waals surface area contributed by atoms with Gasteiger partial charge in [-0.05, 0) is 44.6 Å².